The highest BCUT2D eigenvalue weighted by Crippen LogP contribution is 2.26. The van der Waals surface area contributed by atoms with Crippen molar-refractivity contribution in [3.63, 3.8) is 0 Å². The molecule has 0 radical (unpaired) electrons. The molecule has 1 N–H and O–H groups in total. The molecule has 0 saturated heterocycles. The minimum Gasteiger partial charge on any atom is -0.383 e. The lowest BCUT2D eigenvalue weighted by atomic mass is 9.89. The molecule has 0 bridgehead atoms. The fraction of sp³-hybridized carbons (Fsp3) is 1.00. The van der Waals surface area contributed by atoms with E-state index in [0.717, 1.165) is 31.7 Å². The average Bonchev–Trinajstić information content (AvgIpc) is 3.23. The number of methoxy groups -OCH3 is 1. The molecule has 0 aromatic carbocycles. The Hall–Kier alpha value is -0.120. The van der Waals surface area contributed by atoms with Crippen LogP contribution in [0.5, 0.6) is 0 Å². The Balaban J connectivity index is 1.52. The monoisotopic (exact) mass is 254 g/mol. The molecule has 2 rings (SSSR count). The maximum absolute atomic E-state index is 5.19. The Morgan fingerprint density at radius 3 is 2.50 bits per heavy atom. The van der Waals surface area contributed by atoms with E-state index in [1.807, 2.05) is 0 Å². The van der Waals surface area contributed by atoms with Crippen LogP contribution in [-0.4, -0.2) is 50.8 Å². The van der Waals surface area contributed by atoms with E-state index in [-0.39, 0.29) is 0 Å². The molecule has 0 aromatic rings. The number of hydrogen-bond acceptors (Lipinski definition) is 3. The zero-order valence-corrected chi connectivity index (χ0v) is 12.0. The van der Waals surface area contributed by atoms with E-state index in [1.165, 1.54) is 58.0 Å². The summed E-state index contributed by atoms with van der Waals surface area (Å²) < 4.78 is 5.19. The zero-order chi connectivity index (χ0) is 12.6. The molecular weight excluding hydrogens is 224 g/mol. The van der Waals surface area contributed by atoms with Crippen LogP contribution < -0.4 is 5.32 Å². The van der Waals surface area contributed by atoms with Crippen molar-refractivity contribution in [2.45, 2.75) is 51.0 Å². The van der Waals surface area contributed by atoms with Gasteiger partial charge in [-0.05, 0) is 38.1 Å². The molecule has 18 heavy (non-hydrogen) atoms. The first kappa shape index (κ1) is 14.3. The standard InChI is InChI=1S/C15H30N2O/c1-18-12-11-17(15-7-8-15)10-9-16-13-14-5-3-2-4-6-14/h14-16H,2-13H2,1H3. The van der Waals surface area contributed by atoms with Gasteiger partial charge in [-0.15, -0.1) is 0 Å². The third-order valence-corrected chi connectivity index (χ3v) is 4.38. The van der Waals surface area contributed by atoms with Crippen LogP contribution in [0.15, 0.2) is 0 Å². The molecule has 0 atom stereocenters. The van der Waals surface area contributed by atoms with E-state index in [2.05, 4.69) is 10.2 Å². The van der Waals surface area contributed by atoms with Crippen molar-refractivity contribution in [2.75, 3.05) is 39.9 Å². The van der Waals surface area contributed by atoms with E-state index >= 15 is 0 Å². The zero-order valence-electron chi connectivity index (χ0n) is 12.0. The topological polar surface area (TPSA) is 24.5 Å². The molecule has 3 heteroatoms. The van der Waals surface area contributed by atoms with Gasteiger partial charge in [0, 0.05) is 32.8 Å². The van der Waals surface area contributed by atoms with Crippen LogP contribution in [-0.2, 0) is 4.74 Å². The van der Waals surface area contributed by atoms with Crippen molar-refractivity contribution in [3.8, 4) is 0 Å². The highest BCUT2D eigenvalue weighted by molar-refractivity contribution is 4.84. The summed E-state index contributed by atoms with van der Waals surface area (Å²) in [5.41, 5.74) is 0. The quantitative estimate of drug-likeness (QED) is 0.639. The molecule has 0 aliphatic heterocycles. The molecule has 2 aliphatic rings. The molecule has 2 saturated carbocycles. The molecule has 0 spiro atoms. The lowest BCUT2D eigenvalue weighted by Gasteiger charge is -2.24. The highest BCUT2D eigenvalue weighted by atomic mass is 16.5. The molecule has 2 fully saturated rings. The summed E-state index contributed by atoms with van der Waals surface area (Å²) >= 11 is 0. The minimum atomic E-state index is 0.858. The highest BCUT2D eigenvalue weighted by Gasteiger charge is 2.28. The summed E-state index contributed by atoms with van der Waals surface area (Å²) in [6.45, 7) is 5.56. The molecule has 0 unspecified atom stereocenters. The van der Waals surface area contributed by atoms with Crippen molar-refractivity contribution in [2.24, 2.45) is 5.92 Å². The summed E-state index contributed by atoms with van der Waals surface area (Å²) in [6.07, 6.45) is 10.1. The maximum Gasteiger partial charge on any atom is 0.0589 e. The normalized spacial score (nSPS) is 21.7. The second kappa shape index (κ2) is 8.13. The van der Waals surface area contributed by atoms with Gasteiger partial charge in [0.05, 0.1) is 6.61 Å². The smallest absolute Gasteiger partial charge is 0.0589 e. The fourth-order valence-electron chi connectivity index (χ4n) is 3.05. The lowest BCUT2D eigenvalue weighted by Crippen LogP contribution is -2.37. The van der Waals surface area contributed by atoms with Gasteiger partial charge in [0.1, 0.15) is 0 Å². The second-order valence-corrected chi connectivity index (χ2v) is 5.97. The predicted molar refractivity (Wildman–Crippen MR) is 75.9 cm³/mol. The number of nitrogens with zero attached hydrogens (tertiary/aromatic N) is 1. The Labute approximate surface area is 112 Å². The largest absolute Gasteiger partial charge is 0.383 e. The van der Waals surface area contributed by atoms with Crippen LogP contribution in [0.1, 0.15) is 44.9 Å². The first-order valence-electron chi connectivity index (χ1n) is 7.84. The van der Waals surface area contributed by atoms with Gasteiger partial charge in [-0.25, -0.2) is 0 Å². The van der Waals surface area contributed by atoms with Gasteiger partial charge in [-0.3, -0.25) is 4.90 Å². The molecule has 0 aromatic heterocycles. The van der Waals surface area contributed by atoms with Crippen LogP contribution in [0.4, 0.5) is 0 Å². The summed E-state index contributed by atoms with van der Waals surface area (Å²) in [5, 5.41) is 3.66. The van der Waals surface area contributed by atoms with E-state index in [4.69, 9.17) is 4.74 Å². The first-order valence-corrected chi connectivity index (χ1v) is 7.84. The van der Waals surface area contributed by atoms with E-state index in [0.29, 0.717) is 0 Å². The Morgan fingerprint density at radius 2 is 1.83 bits per heavy atom. The van der Waals surface area contributed by atoms with Crippen molar-refractivity contribution < 1.29 is 4.74 Å². The molecule has 3 nitrogen and oxygen atoms in total. The van der Waals surface area contributed by atoms with Crippen molar-refractivity contribution in [3.05, 3.63) is 0 Å². The average molecular weight is 254 g/mol. The van der Waals surface area contributed by atoms with Crippen LogP contribution in [0.25, 0.3) is 0 Å². The maximum atomic E-state index is 5.19. The van der Waals surface area contributed by atoms with Crippen molar-refractivity contribution in [1.82, 2.24) is 10.2 Å². The molecule has 106 valence electrons. The summed E-state index contributed by atoms with van der Waals surface area (Å²) in [5.74, 6) is 0.951. The van der Waals surface area contributed by atoms with Crippen molar-refractivity contribution in [1.29, 1.82) is 0 Å². The SMILES string of the molecule is COCCN(CCNCC1CCCCC1)C1CC1. The number of hydrogen-bond donors (Lipinski definition) is 1. The van der Waals surface area contributed by atoms with E-state index < -0.39 is 0 Å². The fourth-order valence-corrected chi connectivity index (χ4v) is 3.05. The van der Waals surface area contributed by atoms with Crippen LogP contribution in [0.2, 0.25) is 0 Å². The third kappa shape index (κ3) is 5.25. The van der Waals surface area contributed by atoms with Crippen LogP contribution >= 0.6 is 0 Å². The summed E-state index contributed by atoms with van der Waals surface area (Å²) in [7, 11) is 1.80. The Bertz CT molecular complexity index is 213. The van der Waals surface area contributed by atoms with E-state index in [9.17, 15) is 0 Å². The Kier molecular flexibility index (Phi) is 6.46. The van der Waals surface area contributed by atoms with Gasteiger partial charge in [0.25, 0.3) is 0 Å². The van der Waals surface area contributed by atoms with Gasteiger partial charge < -0.3 is 10.1 Å². The third-order valence-electron chi connectivity index (χ3n) is 4.38. The van der Waals surface area contributed by atoms with Gasteiger partial charge >= 0.3 is 0 Å². The summed E-state index contributed by atoms with van der Waals surface area (Å²) in [6, 6.07) is 0.858. The van der Waals surface area contributed by atoms with Gasteiger partial charge in [-0.1, -0.05) is 19.3 Å². The van der Waals surface area contributed by atoms with E-state index in [1.54, 1.807) is 7.11 Å². The Morgan fingerprint density at radius 1 is 1.06 bits per heavy atom. The molecule has 0 heterocycles. The molecule has 0 amide bonds. The lowest BCUT2D eigenvalue weighted by molar-refractivity contribution is 0.143. The number of rotatable bonds is 9. The van der Waals surface area contributed by atoms with Gasteiger partial charge in [0.15, 0.2) is 0 Å². The predicted octanol–water partition coefficient (Wildman–Crippen LogP) is 2.27. The van der Waals surface area contributed by atoms with Gasteiger partial charge in [0.2, 0.25) is 0 Å². The second-order valence-electron chi connectivity index (χ2n) is 5.97. The number of nitrogens with one attached hydrogen (secondary N) is 1. The minimum absolute atomic E-state index is 0.858. The molecular formula is C15H30N2O. The summed E-state index contributed by atoms with van der Waals surface area (Å²) in [4.78, 5) is 2.59. The van der Waals surface area contributed by atoms with Crippen LogP contribution in [0, 0.1) is 5.92 Å². The molecule has 2 aliphatic carbocycles. The van der Waals surface area contributed by atoms with Gasteiger partial charge in [-0.2, -0.15) is 0 Å². The number of ether oxygens (including phenoxy) is 1. The van der Waals surface area contributed by atoms with Crippen LogP contribution in [0.3, 0.4) is 0 Å². The van der Waals surface area contributed by atoms with Crippen molar-refractivity contribution >= 4 is 0 Å². The first-order chi connectivity index (χ1) is 8.90.